The van der Waals surface area contributed by atoms with Crippen LogP contribution < -0.4 is 15.8 Å². The molecule has 0 atom stereocenters. The Labute approximate surface area is 150 Å². The van der Waals surface area contributed by atoms with Crippen LogP contribution in [0.2, 0.25) is 0 Å². The largest absolute Gasteiger partial charge is 0.488 e. The van der Waals surface area contributed by atoms with Crippen LogP contribution in [0.3, 0.4) is 0 Å². The van der Waals surface area contributed by atoms with Crippen molar-refractivity contribution in [1.82, 2.24) is 4.98 Å². The third-order valence-corrected chi connectivity index (χ3v) is 3.70. The summed E-state index contributed by atoms with van der Waals surface area (Å²) < 4.78 is 5.78. The Bertz CT molecular complexity index is 909. The Morgan fingerprint density at radius 3 is 2.35 bits per heavy atom. The van der Waals surface area contributed by atoms with Crippen LogP contribution in [0.5, 0.6) is 5.75 Å². The number of primary amides is 1. The topological polar surface area (TPSA) is 94.3 Å². The molecule has 1 aromatic heterocycles. The normalized spacial score (nSPS) is 10.2. The SMILES string of the molecule is NC(=O)c1ccc(NC(=O)c2ccccc2OCc2ccncc2)cc1. The first kappa shape index (κ1) is 17.2. The number of nitrogens with zero attached hydrogens (tertiary/aromatic N) is 1. The number of para-hydroxylation sites is 1. The van der Waals surface area contributed by atoms with Crippen molar-refractivity contribution in [2.45, 2.75) is 6.61 Å². The molecule has 1 heterocycles. The zero-order chi connectivity index (χ0) is 18.4. The number of rotatable bonds is 6. The number of benzene rings is 2. The third-order valence-electron chi connectivity index (χ3n) is 3.70. The molecular formula is C20H17N3O3. The number of amides is 2. The van der Waals surface area contributed by atoms with Crippen LogP contribution in [0.1, 0.15) is 26.3 Å². The van der Waals surface area contributed by atoms with E-state index in [1.165, 1.54) is 0 Å². The summed E-state index contributed by atoms with van der Waals surface area (Å²) in [6, 6.07) is 17.1. The molecule has 0 bridgehead atoms. The molecule has 6 heteroatoms. The van der Waals surface area contributed by atoms with E-state index in [1.54, 1.807) is 60.9 Å². The Morgan fingerprint density at radius 1 is 0.962 bits per heavy atom. The van der Waals surface area contributed by atoms with E-state index < -0.39 is 5.91 Å². The summed E-state index contributed by atoms with van der Waals surface area (Å²) in [5.74, 6) is -0.338. The highest BCUT2D eigenvalue weighted by Gasteiger charge is 2.13. The molecule has 3 N–H and O–H groups in total. The molecule has 0 aliphatic carbocycles. The average Bonchev–Trinajstić information content (AvgIpc) is 2.68. The van der Waals surface area contributed by atoms with Gasteiger partial charge in [-0.15, -0.1) is 0 Å². The number of nitrogens with one attached hydrogen (secondary N) is 1. The number of ether oxygens (including phenoxy) is 1. The maximum Gasteiger partial charge on any atom is 0.259 e. The van der Waals surface area contributed by atoms with E-state index >= 15 is 0 Å². The van der Waals surface area contributed by atoms with Crippen LogP contribution >= 0.6 is 0 Å². The number of carbonyl (C=O) groups excluding carboxylic acids is 2. The highest BCUT2D eigenvalue weighted by Crippen LogP contribution is 2.21. The zero-order valence-corrected chi connectivity index (χ0v) is 13.9. The predicted molar refractivity (Wildman–Crippen MR) is 97.9 cm³/mol. The minimum absolute atomic E-state index is 0.304. The molecule has 0 saturated carbocycles. The van der Waals surface area contributed by atoms with Gasteiger partial charge in [-0.3, -0.25) is 14.6 Å². The molecule has 3 rings (SSSR count). The molecule has 130 valence electrons. The van der Waals surface area contributed by atoms with Gasteiger partial charge in [0, 0.05) is 23.6 Å². The lowest BCUT2D eigenvalue weighted by molar-refractivity contribution is 0.0997. The fourth-order valence-corrected chi connectivity index (χ4v) is 2.34. The maximum atomic E-state index is 12.6. The van der Waals surface area contributed by atoms with E-state index in [4.69, 9.17) is 10.5 Å². The third kappa shape index (κ3) is 4.24. The Balaban J connectivity index is 1.72. The molecule has 2 amide bonds. The van der Waals surface area contributed by atoms with E-state index in [0.717, 1.165) is 5.56 Å². The molecule has 0 saturated heterocycles. The summed E-state index contributed by atoms with van der Waals surface area (Å²) in [6.07, 6.45) is 3.38. The number of nitrogens with two attached hydrogens (primary N) is 1. The average molecular weight is 347 g/mol. The second kappa shape index (κ2) is 7.94. The van der Waals surface area contributed by atoms with Gasteiger partial charge in [0.1, 0.15) is 12.4 Å². The van der Waals surface area contributed by atoms with Crippen molar-refractivity contribution >= 4 is 17.5 Å². The molecule has 6 nitrogen and oxygen atoms in total. The van der Waals surface area contributed by atoms with Crippen LogP contribution in [-0.2, 0) is 6.61 Å². The van der Waals surface area contributed by atoms with Crippen LogP contribution in [0, 0.1) is 0 Å². The molecule has 0 fully saturated rings. The standard InChI is InChI=1S/C20H17N3O3/c21-19(24)15-5-7-16(8-6-15)23-20(25)17-3-1-2-4-18(17)26-13-14-9-11-22-12-10-14/h1-12H,13H2,(H2,21,24)(H,23,25). The molecule has 0 aliphatic heterocycles. The molecule has 0 radical (unpaired) electrons. The number of aromatic nitrogens is 1. The fraction of sp³-hybridized carbons (Fsp3) is 0.0500. The first-order valence-electron chi connectivity index (χ1n) is 7.95. The van der Waals surface area contributed by atoms with Crippen molar-refractivity contribution in [3.63, 3.8) is 0 Å². The van der Waals surface area contributed by atoms with Gasteiger partial charge in [0.15, 0.2) is 0 Å². The molecule has 0 aliphatic rings. The van der Waals surface area contributed by atoms with Gasteiger partial charge in [-0.25, -0.2) is 0 Å². The summed E-state index contributed by atoms with van der Waals surface area (Å²) in [5.41, 5.74) is 7.52. The number of hydrogen-bond acceptors (Lipinski definition) is 4. The van der Waals surface area contributed by atoms with Crippen molar-refractivity contribution in [2.24, 2.45) is 5.73 Å². The summed E-state index contributed by atoms with van der Waals surface area (Å²) in [5, 5.41) is 2.78. The lowest BCUT2D eigenvalue weighted by Crippen LogP contribution is -2.14. The lowest BCUT2D eigenvalue weighted by Gasteiger charge is -2.12. The molecule has 26 heavy (non-hydrogen) atoms. The highest BCUT2D eigenvalue weighted by molar-refractivity contribution is 6.06. The number of pyridine rings is 1. The van der Waals surface area contributed by atoms with E-state index in [9.17, 15) is 9.59 Å². The van der Waals surface area contributed by atoms with Gasteiger partial charge in [-0.05, 0) is 54.1 Å². The van der Waals surface area contributed by atoms with Crippen molar-refractivity contribution < 1.29 is 14.3 Å². The molecule has 3 aromatic rings. The monoisotopic (exact) mass is 347 g/mol. The second-order valence-electron chi connectivity index (χ2n) is 5.54. The summed E-state index contributed by atoms with van der Waals surface area (Å²) in [6.45, 7) is 0.333. The first-order chi connectivity index (χ1) is 12.6. The number of anilines is 1. The van der Waals surface area contributed by atoms with Gasteiger partial charge < -0.3 is 15.8 Å². The number of carbonyl (C=O) groups is 2. The predicted octanol–water partition coefficient (Wildman–Crippen LogP) is 3.01. The molecular weight excluding hydrogens is 330 g/mol. The zero-order valence-electron chi connectivity index (χ0n) is 13.9. The lowest BCUT2D eigenvalue weighted by atomic mass is 10.1. The summed E-state index contributed by atoms with van der Waals surface area (Å²) in [4.78, 5) is 27.6. The van der Waals surface area contributed by atoms with Crippen molar-refractivity contribution in [2.75, 3.05) is 5.32 Å². The van der Waals surface area contributed by atoms with Crippen LogP contribution in [-0.4, -0.2) is 16.8 Å². The fourth-order valence-electron chi connectivity index (χ4n) is 2.34. The van der Waals surface area contributed by atoms with Gasteiger partial charge >= 0.3 is 0 Å². The Kier molecular flexibility index (Phi) is 5.24. The first-order valence-corrected chi connectivity index (χ1v) is 7.95. The number of hydrogen-bond donors (Lipinski definition) is 2. The quantitative estimate of drug-likeness (QED) is 0.716. The van der Waals surface area contributed by atoms with Gasteiger partial charge in [-0.1, -0.05) is 12.1 Å². The molecule has 2 aromatic carbocycles. The van der Waals surface area contributed by atoms with Gasteiger partial charge in [0.25, 0.3) is 5.91 Å². The maximum absolute atomic E-state index is 12.6. The Hall–Kier alpha value is -3.67. The smallest absolute Gasteiger partial charge is 0.259 e. The van der Waals surface area contributed by atoms with Crippen molar-refractivity contribution in [3.8, 4) is 5.75 Å². The van der Waals surface area contributed by atoms with Crippen LogP contribution in [0.4, 0.5) is 5.69 Å². The second-order valence-corrected chi connectivity index (χ2v) is 5.54. The van der Waals surface area contributed by atoms with Crippen molar-refractivity contribution in [3.05, 3.63) is 89.7 Å². The van der Waals surface area contributed by atoms with E-state index in [0.29, 0.717) is 29.2 Å². The van der Waals surface area contributed by atoms with Gasteiger partial charge in [0.2, 0.25) is 5.91 Å². The minimum atomic E-state index is -0.516. The highest BCUT2D eigenvalue weighted by atomic mass is 16.5. The van der Waals surface area contributed by atoms with E-state index in [1.807, 2.05) is 12.1 Å². The van der Waals surface area contributed by atoms with E-state index in [-0.39, 0.29) is 5.91 Å². The molecule has 0 spiro atoms. The van der Waals surface area contributed by atoms with Gasteiger partial charge in [-0.2, -0.15) is 0 Å². The Morgan fingerprint density at radius 2 is 1.65 bits per heavy atom. The van der Waals surface area contributed by atoms with Crippen molar-refractivity contribution in [1.29, 1.82) is 0 Å². The summed E-state index contributed by atoms with van der Waals surface area (Å²) in [7, 11) is 0. The van der Waals surface area contributed by atoms with Crippen LogP contribution in [0.15, 0.2) is 73.1 Å². The minimum Gasteiger partial charge on any atom is -0.488 e. The van der Waals surface area contributed by atoms with E-state index in [2.05, 4.69) is 10.3 Å². The van der Waals surface area contributed by atoms with Crippen LogP contribution in [0.25, 0.3) is 0 Å². The van der Waals surface area contributed by atoms with Gasteiger partial charge in [0.05, 0.1) is 5.56 Å². The summed E-state index contributed by atoms with van der Waals surface area (Å²) >= 11 is 0. The molecule has 0 unspecified atom stereocenters.